The Bertz CT molecular complexity index is 411. The summed E-state index contributed by atoms with van der Waals surface area (Å²) < 4.78 is 11.9. The van der Waals surface area contributed by atoms with Crippen molar-refractivity contribution in [3.05, 3.63) is 0 Å². The number of fused-ring (bicyclic) bond motifs is 2. The molecule has 8 atom stereocenters. The summed E-state index contributed by atoms with van der Waals surface area (Å²) in [5, 5.41) is 10.2. The van der Waals surface area contributed by atoms with Gasteiger partial charge in [0.15, 0.2) is 18.2 Å². The van der Waals surface area contributed by atoms with Crippen LogP contribution in [0.1, 0.15) is 46.5 Å². The van der Waals surface area contributed by atoms with Crippen LogP contribution in [0.5, 0.6) is 0 Å². The lowest BCUT2D eigenvalue weighted by Gasteiger charge is -2.59. The fraction of sp³-hybridized carbons (Fsp3) is 1.00. The summed E-state index contributed by atoms with van der Waals surface area (Å²) in [5.74, 6) is 0.437. The van der Waals surface area contributed by atoms with Gasteiger partial charge in [-0.1, -0.05) is 13.8 Å². The van der Waals surface area contributed by atoms with E-state index in [9.17, 15) is 5.11 Å². The second kappa shape index (κ2) is 4.17. The van der Waals surface area contributed by atoms with Crippen molar-refractivity contribution in [3.63, 3.8) is 0 Å². The maximum Gasteiger partial charge on any atom is 0.201 e. The summed E-state index contributed by atoms with van der Waals surface area (Å²) in [7, 11) is 0. The number of rotatable bonds is 0. The number of aliphatic hydroxyl groups is 1. The van der Waals surface area contributed by atoms with Crippen molar-refractivity contribution in [2.75, 3.05) is 0 Å². The lowest BCUT2D eigenvalue weighted by molar-refractivity contribution is -0.576. The van der Waals surface area contributed by atoms with Crippen LogP contribution < -0.4 is 0 Å². The quantitative estimate of drug-likeness (QED) is 0.691. The van der Waals surface area contributed by atoms with E-state index in [2.05, 4.69) is 6.92 Å². The molecule has 5 nitrogen and oxygen atoms in total. The van der Waals surface area contributed by atoms with Crippen molar-refractivity contribution in [1.29, 1.82) is 0 Å². The molecule has 4 saturated heterocycles. The molecular weight excluding hydrogens is 260 g/mol. The van der Waals surface area contributed by atoms with Gasteiger partial charge in [0.2, 0.25) is 5.79 Å². The molecule has 114 valence electrons. The first-order valence-corrected chi connectivity index (χ1v) is 7.84. The average molecular weight is 284 g/mol. The molecule has 0 amide bonds. The van der Waals surface area contributed by atoms with E-state index in [1.54, 1.807) is 0 Å². The van der Waals surface area contributed by atoms with Crippen molar-refractivity contribution in [2.24, 2.45) is 23.7 Å². The second-order valence-corrected chi connectivity index (χ2v) is 7.30. The maximum absolute atomic E-state index is 10.2. The molecule has 5 rings (SSSR count). The van der Waals surface area contributed by atoms with Gasteiger partial charge in [-0.15, -0.1) is 0 Å². The topological polar surface area (TPSA) is 57.2 Å². The van der Waals surface area contributed by atoms with Crippen LogP contribution in [-0.4, -0.2) is 29.1 Å². The Hall–Kier alpha value is -0.200. The average Bonchev–Trinajstić information content (AvgIpc) is 2.63. The van der Waals surface area contributed by atoms with Crippen LogP contribution in [-0.2, 0) is 19.2 Å². The highest BCUT2D eigenvalue weighted by Gasteiger charge is 2.69. The molecule has 4 heterocycles. The van der Waals surface area contributed by atoms with Crippen LogP contribution in [0.2, 0.25) is 0 Å². The lowest BCUT2D eigenvalue weighted by atomic mass is 9.58. The van der Waals surface area contributed by atoms with E-state index in [0.717, 1.165) is 19.3 Å². The zero-order valence-electron chi connectivity index (χ0n) is 12.4. The van der Waals surface area contributed by atoms with Gasteiger partial charge in [-0.05, 0) is 38.0 Å². The van der Waals surface area contributed by atoms with E-state index in [4.69, 9.17) is 19.2 Å². The highest BCUT2D eigenvalue weighted by Crippen LogP contribution is 2.60. The predicted octanol–water partition coefficient (Wildman–Crippen LogP) is 2.19. The summed E-state index contributed by atoms with van der Waals surface area (Å²) in [6.45, 7) is 6.22. The standard InChI is InChI=1S/C15H24O5/c1-8-4-5-11-9(2)12(16)17-13-15(11)10(8)6-7-14(3,18-13)19-20-15/h8-13,16H,4-7H2,1-3H3/t8-,9-,10+,11+,12-,13?,14-,15-/m1/s1. The number of hydrogen-bond acceptors (Lipinski definition) is 5. The molecule has 5 fully saturated rings. The molecule has 0 aromatic carbocycles. The van der Waals surface area contributed by atoms with E-state index >= 15 is 0 Å². The van der Waals surface area contributed by atoms with Crippen LogP contribution >= 0.6 is 0 Å². The van der Waals surface area contributed by atoms with Crippen molar-refractivity contribution in [1.82, 2.24) is 0 Å². The maximum atomic E-state index is 10.2. The Morgan fingerprint density at radius 3 is 2.65 bits per heavy atom. The van der Waals surface area contributed by atoms with Crippen LogP contribution in [0.4, 0.5) is 0 Å². The zero-order chi connectivity index (χ0) is 14.1. The third kappa shape index (κ3) is 1.56. The molecule has 1 aliphatic carbocycles. The lowest BCUT2D eigenvalue weighted by Crippen LogP contribution is -2.70. The second-order valence-electron chi connectivity index (χ2n) is 7.30. The predicted molar refractivity (Wildman–Crippen MR) is 69.0 cm³/mol. The summed E-state index contributed by atoms with van der Waals surface area (Å²) in [4.78, 5) is 11.6. The van der Waals surface area contributed by atoms with Crippen molar-refractivity contribution in [3.8, 4) is 0 Å². The Kier molecular flexibility index (Phi) is 2.81. The van der Waals surface area contributed by atoms with Crippen LogP contribution in [0, 0.1) is 23.7 Å². The van der Waals surface area contributed by atoms with Gasteiger partial charge in [-0.25, -0.2) is 9.78 Å². The van der Waals surface area contributed by atoms with E-state index in [0.29, 0.717) is 11.8 Å². The summed E-state index contributed by atoms with van der Waals surface area (Å²) in [5.41, 5.74) is -0.549. The molecular formula is C15H24O5. The minimum Gasteiger partial charge on any atom is -0.368 e. The fourth-order valence-corrected chi connectivity index (χ4v) is 4.89. The number of hydrogen-bond donors (Lipinski definition) is 1. The van der Waals surface area contributed by atoms with Crippen molar-refractivity contribution >= 4 is 0 Å². The Labute approximate surface area is 119 Å². The summed E-state index contributed by atoms with van der Waals surface area (Å²) in [6, 6.07) is 0. The normalized spacial score (nSPS) is 61.8. The van der Waals surface area contributed by atoms with E-state index in [1.807, 2.05) is 13.8 Å². The van der Waals surface area contributed by atoms with Gasteiger partial charge in [-0.3, -0.25) is 0 Å². The molecule has 1 spiro atoms. The molecule has 2 bridgehead atoms. The SMILES string of the molecule is C[C@H]1[C@H](O)OC2O[C@@]3(C)CC[C@H]4[C@H](C)CC[C@@H]1[C@@]24OO3. The molecule has 4 aliphatic heterocycles. The smallest absolute Gasteiger partial charge is 0.201 e. The molecule has 1 N–H and O–H groups in total. The first-order chi connectivity index (χ1) is 9.46. The molecule has 1 saturated carbocycles. The van der Waals surface area contributed by atoms with Gasteiger partial charge in [0.25, 0.3) is 0 Å². The molecule has 5 heteroatoms. The van der Waals surface area contributed by atoms with Crippen LogP contribution in [0.15, 0.2) is 0 Å². The molecule has 0 aromatic rings. The zero-order valence-corrected chi connectivity index (χ0v) is 12.4. The summed E-state index contributed by atoms with van der Waals surface area (Å²) in [6.07, 6.45) is 2.72. The first-order valence-electron chi connectivity index (χ1n) is 7.84. The van der Waals surface area contributed by atoms with Gasteiger partial charge < -0.3 is 14.6 Å². The van der Waals surface area contributed by atoms with E-state index < -0.39 is 24.0 Å². The van der Waals surface area contributed by atoms with Gasteiger partial charge in [0.1, 0.15) is 0 Å². The third-order valence-corrected chi connectivity index (χ3v) is 6.12. The first kappa shape index (κ1) is 13.5. The minimum absolute atomic E-state index is 0.0379. The van der Waals surface area contributed by atoms with E-state index in [1.165, 1.54) is 6.42 Å². The van der Waals surface area contributed by atoms with Gasteiger partial charge >= 0.3 is 0 Å². The highest BCUT2D eigenvalue weighted by atomic mass is 17.3. The van der Waals surface area contributed by atoms with Crippen LogP contribution in [0.3, 0.4) is 0 Å². The molecule has 0 radical (unpaired) electrons. The Morgan fingerprint density at radius 1 is 1.05 bits per heavy atom. The van der Waals surface area contributed by atoms with Gasteiger partial charge in [0, 0.05) is 18.3 Å². The van der Waals surface area contributed by atoms with Crippen molar-refractivity contribution < 1.29 is 24.4 Å². The minimum atomic E-state index is -0.781. The Balaban J connectivity index is 1.82. The molecule has 0 aromatic heterocycles. The monoisotopic (exact) mass is 284 g/mol. The van der Waals surface area contributed by atoms with Crippen molar-refractivity contribution in [2.45, 2.75) is 70.4 Å². The highest BCUT2D eigenvalue weighted by molar-refractivity contribution is 5.08. The summed E-state index contributed by atoms with van der Waals surface area (Å²) >= 11 is 0. The largest absolute Gasteiger partial charge is 0.368 e. The molecule has 20 heavy (non-hydrogen) atoms. The van der Waals surface area contributed by atoms with E-state index in [-0.39, 0.29) is 11.8 Å². The molecule has 5 aliphatic rings. The third-order valence-electron chi connectivity index (χ3n) is 6.12. The van der Waals surface area contributed by atoms with Crippen LogP contribution in [0.25, 0.3) is 0 Å². The molecule has 1 unspecified atom stereocenters. The fourth-order valence-electron chi connectivity index (χ4n) is 4.89. The Morgan fingerprint density at radius 2 is 1.85 bits per heavy atom. The van der Waals surface area contributed by atoms with Gasteiger partial charge in [0.05, 0.1) is 0 Å². The number of aliphatic hydroxyl groups excluding tert-OH is 1. The number of ether oxygens (including phenoxy) is 2. The van der Waals surface area contributed by atoms with Gasteiger partial charge in [-0.2, -0.15) is 0 Å².